The molecule has 0 spiro atoms. The van der Waals surface area contributed by atoms with Crippen molar-refractivity contribution in [2.24, 2.45) is 0 Å². The Morgan fingerprint density at radius 2 is 1.75 bits per heavy atom. The number of carboxylic acid groups (broad SMARTS) is 1. The van der Waals surface area contributed by atoms with E-state index in [2.05, 4.69) is 25.0 Å². The van der Waals surface area contributed by atoms with Gasteiger partial charge in [-0.2, -0.15) is 0 Å². The predicted octanol–water partition coefficient (Wildman–Crippen LogP) is 2.52. The zero-order valence-electron chi connectivity index (χ0n) is 10.2. The molecule has 0 bridgehead atoms. The van der Waals surface area contributed by atoms with Crippen LogP contribution in [-0.2, 0) is 0 Å². The first-order valence-electron chi connectivity index (χ1n) is 5.37. The van der Waals surface area contributed by atoms with Crippen LogP contribution in [0.2, 0.25) is 19.6 Å². The fourth-order valence-corrected chi connectivity index (χ4v) is 3.98. The average Bonchev–Trinajstić information content (AvgIpc) is 2.17. The van der Waals surface area contributed by atoms with Gasteiger partial charge in [0.1, 0.15) is 0 Å². The summed E-state index contributed by atoms with van der Waals surface area (Å²) in [5.74, 6) is -0.874. The Balaban J connectivity index is 3.00. The Morgan fingerprint density at radius 3 is 2.06 bits per heavy atom. The Hall–Kier alpha value is -1.13. The van der Waals surface area contributed by atoms with Crippen LogP contribution in [-0.4, -0.2) is 26.2 Å². The van der Waals surface area contributed by atoms with Crippen LogP contribution >= 0.6 is 0 Å². The number of carboxylic acids is 1. The molecule has 1 rings (SSSR count). The van der Waals surface area contributed by atoms with Gasteiger partial charge >= 0.3 is 5.97 Å². The van der Waals surface area contributed by atoms with E-state index in [0.717, 1.165) is 0 Å². The van der Waals surface area contributed by atoms with Crippen molar-refractivity contribution < 1.29 is 9.90 Å². The quantitative estimate of drug-likeness (QED) is 0.791. The first kappa shape index (κ1) is 12.9. The van der Waals surface area contributed by atoms with Crippen LogP contribution in [0.25, 0.3) is 0 Å². The molecule has 0 amide bonds. The molecule has 16 heavy (non-hydrogen) atoms. The Labute approximate surface area is 97.5 Å². The third kappa shape index (κ3) is 2.93. The van der Waals surface area contributed by atoms with E-state index in [1.165, 1.54) is 5.56 Å². The molecule has 0 saturated carbocycles. The largest absolute Gasteiger partial charge is 0.478 e. The van der Waals surface area contributed by atoms with E-state index in [1.807, 2.05) is 19.2 Å². The molecule has 4 heteroatoms. The summed E-state index contributed by atoms with van der Waals surface area (Å²) in [5.41, 5.74) is 1.87. The fourth-order valence-electron chi connectivity index (χ4n) is 1.92. The summed E-state index contributed by atoms with van der Waals surface area (Å²) < 4.78 is 0. The van der Waals surface area contributed by atoms with Crippen LogP contribution in [0.5, 0.6) is 0 Å². The van der Waals surface area contributed by atoms with E-state index in [4.69, 9.17) is 5.11 Å². The molecular weight excluding hydrogens is 218 g/mol. The maximum Gasteiger partial charge on any atom is 0.335 e. The summed E-state index contributed by atoms with van der Waals surface area (Å²) >= 11 is 0. The van der Waals surface area contributed by atoms with Gasteiger partial charge < -0.3 is 10.4 Å². The second-order valence-corrected chi connectivity index (χ2v) is 10.3. The van der Waals surface area contributed by atoms with Gasteiger partial charge in [-0.3, -0.25) is 0 Å². The lowest BCUT2D eigenvalue weighted by molar-refractivity contribution is 0.0697. The Bertz CT molecular complexity index is 368. The monoisotopic (exact) mass is 237 g/mol. The lowest BCUT2D eigenvalue weighted by Gasteiger charge is -2.29. The molecule has 0 heterocycles. The second-order valence-electron chi connectivity index (χ2n) is 5.01. The van der Waals surface area contributed by atoms with E-state index < -0.39 is 14.0 Å². The Kier molecular flexibility index (Phi) is 3.88. The molecule has 0 saturated heterocycles. The fraction of sp³-hybridized carbons (Fsp3) is 0.417. The van der Waals surface area contributed by atoms with E-state index in [1.54, 1.807) is 12.1 Å². The van der Waals surface area contributed by atoms with Crippen molar-refractivity contribution in [3.05, 3.63) is 35.4 Å². The molecule has 88 valence electrons. The van der Waals surface area contributed by atoms with Crippen LogP contribution in [0.15, 0.2) is 24.3 Å². The minimum atomic E-state index is -1.33. The van der Waals surface area contributed by atoms with Gasteiger partial charge in [0.15, 0.2) is 0 Å². The zero-order valence-corrected chi connectivity index (χ0v) is 11.2. The minimum absolute atomic E-state index is 0.342. The normalized spacial score (nSPS) is 13.5. The smallest absolute Gasteiger partial charge is 0.335 e. The standard InChI is InChI=1S/C12H19NO2Si/c1-13-11(16(2,3)4)9-5-7-10(8-6-9)12(14)15/h5-8,11,13H,1-4H3,(H,14,15). The van der Waals surface area contributed by atoms with Crippen LogP contribution in [0.3, 0.4) is 0 Å². The molecule has 0 aromatic heterocycles. The van der Waals surface area contributed by atoms with Crippen molar-refractivity contribution in [3.8, 4) is 0 Å². The second kappa shape index (κ2) is 4.80. The summed E-state index contributed by atoms with van der Waals surface area (Å²) in [6.45, 7) is 6.87. The van der Waals surface area contributed by atoms with Crippen LogP contribution in [0.1, 0.15) is 21.6 Å². The highest BCUT2D eigenvalue weighted by Crippen LogP contribution is 2.24. The van der Waals surface area contributed by atoms with Crippen LogP contribution in [0, 0.1) is 0 Å². The van der Waals surface area contributed by atoms with Gasteiger partial charge in [0.05, 0.1) is 13.6 Å². The molecule has 1 aromatic rings. The van der Waals surface area contributed by atoms with Gasteiger partial charge in [-0.25, -0.2) is 4.79 Å². The molecule has 1 unspecified atom stereocenters. The van der Waals surface area contributed by atoms with E-state index in [9.17, 15) is 4.79 Å². The van der Waals surface area contributed by atoms with Gasteiger partial charge in [-0.05, 0) is 24.7 Å². The van der Waals surface area contributed by atoms with Crippen LogP contribution in [0.4, 0.5) is 0 Å². The average molecular weight is 237 g/mol. The van der Waals surface area contributed by atoms with Crippen molar-refractivity contribution in [1.29, 1.82) is 0 Å². The number of carbonyl (C=O) groups is 1. The number of aromatic carboxylic acids is 1. The van der Waals surface area contributed by atoms with E-state index >= 15 is 0 Å². The number of nitrogens with one attached hydrogen (secondary N) is 1. The SMILES string of the molecule is CNC(c1ccc(C(=O)O)cc1)[Si](C)(C)C. The molecule has 0 aliphatic carbocycles. The maximum atomic E-state index is 10.7. The van der Waals surface area contributed by atoms with E-state index in [0.29, 0.717) is 11.2 Å². The summed E-state index contributed by atoms with van der Waals surface area (Å²) in [5, 5.41) is 12.1. The van der Waals surface area contributed by atoms with Gasteiger partial charge in [0.25, 0.3) is 0 Å². The summed E-state index contributed by atoms with van der Waals surface area (Å²) in [6, 6.07) is 7.15. The Morgan fingerprint density at radius 1 is 1.25 bits per heavy atom. The third-order valence-electron chi connectivity index (χ3n) is 2.65. The lowest BCUT2D eigenvalue weighted by atomic mass is 10.1. The lowest BCUT2D eigenvalue weighted by Crippen LogP contribution is -2.39. The van der Waals surface area contributed by atoms with Gasteiger partial charge in [0, 0.05) is 5.67 Å². The van der Waals surface area contributed by atoms with Crippen molar-refractivity contribution in [1.82, 2.24) is 5.32 Å². The highest BCUT2D eigenvalue weighted by Gasteiger charge is 2.26. The molecule has 0 aliphatic rings. The molecule has 0 radical (unpaired) electrons. The highest BCUT2D eigenvalue weighted by molar-refractivity contribution is 6.77. The summed E-state index contributed by atoms with van der Waals surface area (Å²) in [6.07, 6.45) is 0. The molecular formula is C12H19NO2Si. The van der Waals surface area contributed by atoms with Crippen molar-refractivity contribution in [2.75, 3.05) is 7.05 Å². The third-order valence-corrected chi connectivity index (χ3v) is 5.00. The molecule has 1 atom stereocenters. The van der Waals surface area contributed by atoms with Gasteiger partial charge in [0.2, 0.25) is 0 Å². The first-order chi connectivity index (χ1) is 7.36. The van der Waals surface area contributed by atoms with Crippen molar-refractivity contribution >= 4 is 14.0 Å². The van der Waals surface area contributed by atoms with Gasteiger partial charge in [-0.15, -0.1) is 0 Å². The number of hydrogen-bond donors (Lipinski definition) is 2. The molecule has 3 nitrogen and oxygen atoms in total. The van der Waals surface area contributed by atoms with Gasteiger partial charge in [-0.1, -0.05) is 31.8 Å². The van der Waals surface area contributed by atoms with Crippen molar-refractivity contribution in [3.63, 3.8) is 0 Å². The van der Waals surface area contributed by atoms with Crippen LogP contribution < -0.4 is 5.32 Å². The zero-order chi connectivity index (χ0) is 12.3. The minimum Gasteiger partial charge on any atom is -0.478 e. The predicted molar refractivity (Wildman–Crippen MR) is 68.5 cm³/mol. The molecule has 1 aromatic carbocycles. The molecule has 0 fully saturated rings. The summed E-state index contributed by atoms with van der Waals surface area (Å²) in [7, 11) is 0.622. The number of rotatable bonds is 4. The number of benzene rings is 1. The van der Waals surface area contributed by atoms with E-state index in [-0.39, 0.29) is 0 Å². The highest BCUT2D eigenvalue weighted by atomic mass is 28.3. The topological polar surface area (TPSA) is 49.3 Å². The molecule has 0 aliphatic heterocycles. The van der Waals surface area contributed by atoms with Crippen molar-refractivity contribution in [2.45, 2.75) is 25.3 Å². The number of hydrogen-bond acceptors (Lipinski definition) is 2. The first-order valence-corrected chi connectivity index (χ1v) is 8.94. The summed E-state index contributed by atoms with van der Waals surface area (Å²) in [4.78, 5) is 10.7. The maximum absolute atomic E-state index is 10.7. The molecule has 2 N–H and O–H groups in total.